The number of hydrogen-bond acceptors (Lipinski definition) is 4. The second-order valence-corrected chi connectivity index (χ2v) is 8.10. The summed E-state index contributed by atoms with van der Waals surface area (Å²) in [6.45, 7) is 4.06. The van der Waals surface area contributed by atoms with Crippen LogP contribution < -0.4 is 9.57 Å². The van der Waals surface area contributed by atoms with Gasteiger partial charge in [0, 0.05) is 0 Å². The fourth-order valence-corrected chi connectivity index (χ4v) is 3.76. The van der Waals surface area contributed by atoms with E-state index in [4.69, 9.17) is 4.74 Å². The third-order valence-corrected chi connectivity index (χ3v) is 5.49. The van der Waals surface area contributed by atoms with E-state index in [0.29, 0.717) is 17.9 Å². The largest absolute Gasteiger partial charge is 0.489 e. The normalized spacial score (nSPS) is 11.5. The Labute approximate surface area is 165 Å². The summed E-state index contributed by atoms with van der Waals surface area (Å²) >= 11 is 0. The second kappa shape index (κ2) is 8.71. The molecule has 1 N–H and O–H groups in total. The number of nitrogens with one attached hydrogen (secondary N) is 1. The molecule has 0 atom stereocenters. The predicted molar refractivity (Wildman–Crippen MR) is 111 cm³/mol. The average Bonchev–Trinajstić information content (AvgIpc) is 2.69. The molecule has 0 fully saturated rings. The predicted octanol–water partition coefficient (Wildman–Crippen LogP) is 4.19. The van der Waals surface area contributed by atoms with E-state index in [9.17, 15) is 8.42 Å². The Bertz CT molecular complexity index is 1080. The molecule has 0 radical (unpaired) electrons. The van der Waals surface area contributed by atoms with E-state index in [2.05, 4.69) is 9.93 Å². The lowest BCUT2D eigenvalue weighted by atomic mass is 10.2. The van der Waals surface area contributed by atoms with Gasteiger partial charge in [0.1, 0.15) is 12.4 Å². The SMILES string of the molecule is Cc1ccc(C)c(S(=O)(=O)NN=Cc2cccc(OCc3ccccc3)c2)c1. The Hall–Kier alpha value is -3.12. The zero-order chi connectivity index (χ0) is 20.0. The van der Waals surface area contributed by atoms with Crippen LogP contribution in [0, 0.1) is 13.8 Å². The van der Waals surface area contributed by atoms with Crippen molar-refractivity contribution >= 4 is 16.2 Å². The van der Waals surface area contributed by atoms with Gasteiger partial charge in [0.05, 0.1) is 11.1 Å². The highest BCUT2D eigenvalue weighted by Gasteiger charge is 2.15. The van der Waals surface area contributed by atoms with E-state index >= 15 is 0 Å². The molecule has 3 aromatic rings. The van der Waals surface area contributed by atoms with E-state index in [0.717, 1.165) is 16.7 Å². The number of ether oxygens (including phenoxy) is 1. The van der Waals surface area contributed by atoms with Crippen molar-refractivity contribution < 1.29 is 13.2 Å². The van der Waals surface area contributed by atoms with Crippen molar-refractivity contribution in [3.63, 3.8) is 0 Å². The standard InChI is InChI=1S/C22H22N2O3S/c1-17-11-12-18(2)22(13-17)28(25,26)24-23-15-20-9-6-10-21(14-20)27-16-19-7-4-3-5-8-19/h3-15,24H,16H2,1-2H3. The lowest BCUT2D eigenvalue weighted by Crippen LogP contribution is -2.19. The van der Waals surface area contributed by atoms with E-state index in [1.807, 2.05) is 61.5 Å². The summed E-state index contributed by atoms with van der Waals surface area (Å²) in [6.07, 6.45) is 1.46. The number of benzene rings is 3. The third kappa shape index (κ3) is 5.20. The highest BCUT2D eigenvalue weighted by atomic mass is 32.2. The number of hydrazone groups is 1. The van der Waals surface area contributed by atoms with Gasteiger partial charge >= 0.3 is 0 Å². The van der Waals surface area contributed by atoms with Gasteiger partial charge < -0.3 is 4.74 Å². The van der Waals surface area contributed by atoms with Crippen LogP contribution >= 0.6 is 0 Å². The molecule has 0 amide bonds. The molecule has 28 heavy (non-hydrogen) atoms. The summed E-state index contributed by atoms with van der Waals surface area (Å²) in [7, 11) is -3.72. The van der Waals surface area contributed by atoms with Crippen molar-refractivity contribution in [3.05, 3.63) is 95.1 Å². The maximum atomic E-state index is 12.5. The van der Waals surface area contributed by atoms with Gasteiger partial charge in [-0.05, 0) is 54.3 Å². The van der Waals surface area contributed by atoms with Crippen LogP contribution in [0.4, 0.5) is 0 Å². The molecule has 0 aliphatic rings. The summed E-state index contributed by atoms with van der Waals surface area (Å²) in [4.78, 5) is 2.50. The van der Waals surface area contributed by atoms with Gasteiger partial charge in [0.2, 0.25) is 0 Å². The maximum Gasteiger partial charge on any atom is 0.276 e. The lowest BCUT2D eigenvalue weighted by molar-refractivity contribution is 0.306. The van der Waals surface area contributed by atoms with Gasteiger partial charge in [-0.25, -0.2) is 4.83 Å². The molecule has 0 aromatic heterocycles. The van der Waals surface area contributed by atoms with Crippen LogP contribution in [0.25, 0.3) is 0 Å². The maximum absolute atomic E-state index is 12.5. The first-order valence-electron chi connectivity index (χ1n) is 8.83. The average molecular weight is 394 g/mol. The van der Waals surface area contributed by atoms with Crippen LogP contribution in [-0.2, 0) is 16.6 Å². The van der Waals surface area contributed by atoms with Crippen molar-refractivity contribution in [1.82, 2.24) is 4.83 Å². The van der Waals surface area contributed by atoms with Crippen LogP contribution in [0.15, 0.2) is 82.8 Å². The van der Waals surface area contributed by atoms with Crippen molar-refractivity contribution in [2.75, 3.05) is 0 Å². The van der Waals surface area contributed by atoms with Gasteiger partial charge in [-0.1, -0.05) is 54.6 Å². The van der Waals surface area contributed by atoms with Crippen LogP contribution in [0.5, 0.6) is 5.75 Å². The first-order valence-corrected chi connectivity index (χ1v) is 10.3. The molecule has 0 aliphatic heterocycles. The van der Waals surface area contributed by atoms with Crippen molar-refractivity contribution in [2.24, 2.45) is 5.10 Å². The van der Waals surface area contributed by atoms with Crippen LogP contribution in [0.2, 0.25) is 0 Å². The number of sulfonamides is 1. The summed E-state index contributed by atoms with van der Waals surface area (Å²) < 4.78 is 30.7. The molecule has 0 unspecified atom stereocenters. The first kappa shape index (κ1) is 19.6. The highest BCUT2D eigenvalue weighted by Crippen LogP contribution is 2.17. The molecule has 0 saturated carbocycles. The van der Waals surface area contributed by atoms with Gasteiger partial charge in [-0.3, -0.25) is 0 Å². The Balaban J connectivity index is 1.66. The Morgan fingerprint density at radius 2 is 1.75 bits per heavy atom. The summed E-state index contributed by atoms with van der Waals surface area (Å²) in [5.74, 6) is 0.685. The third-order valence-electron chi connectivity index (χ3n) is 4.13. The fraction of sp³-hybridized carbons (Fsp3) is 0.136. The lowest BCUT2D eigenvalue weighted by Gasteiger charge is -2.08. The van der Waals surface area contributed by atoms with Gasteiger partial charge in [-0.15, -0.1) is 0 Å². The van der Waals surface area contributed by atoms with E-state index in [-0.39, 0.29) is 4.90 Å². The zero-order valence-corrected chi connectivity index (χ0v) is 16.6. The molecule has 5 nitrogen and oxygen atoms in total. The molecule has 0 bridgehead atoms. The number of rotatable bonds is 7. The van der Waals surface area contributed by atoms with Crippen LogP contribution in [0.1, 0.15) is 22.3 Å². The number of aryl methyl sites for hydroxylation is 2. The van der Waals surface area contributed by atoms with Crippen LogP contribution in [0.3, 0.4) is 0 Å². The van der Waals surface area contributed by atoms with Crippen molar-refractivity contribution in [3.8, 4) is 5.75 Å². The molecule has 0 saturated heterocycles. The van der Waals surface area contributed by atoms with Crippen molar-refractivity contribution in [1.29, 1.82) is 0 Å². The fourth-order valence-electron chi connectivity index (χ4n) is 2.64. The molecule has 6 heteroatoms. The minimum absolute atomic E-state index is 0.226. The van der Waals surface area contributed by atoms with Gasteiger partial charge in [-0.2, -0.15) is 13.5 Å². The number of nitrogens with zero attached hydrogens (tertiary/aromatic N) is 1. The molecule has 0 aliphatic carbocycles. The quantitative estimate of drug-likeness (QED) is 0.482. The monoisotopic (exact) mass is 394 g/mol. The molecule has 0 spiro atoms. The molecular weight excluding hydrogens is 372 g/mol. The molecule has 3 rings (SSSR count). The van der Waals surface area contributed by atoms with E-state index in [1.165, 1.54) is 6.21 Å². The van der Waals surface area contributed by atoms with Gasteiger partial charge in [0.25, 0.3) is 10.0 Å². The zero-order valence-electron chi connectivity index (χ0n) is 15.8. The summed E-state index contributed by atoms with van der Waals surface area (Å²) in [6, 6.07) is 22.5. The highest BCUT2D eigenvalue weighted by molar-refractivity contribution is 7.89. The van der Waals surface area contributed by atoms with E-state index in [1.54, 1.807) is 25.1 Å². The molecular formula is C22H22N2O3S. The van der Waals surface area contributed by atoms with Gasteiger partial charge in [0.15, 0.2) is 0 Å². The Morgan fingerprint density at radius 3 is 2.54 bits per heavy atom. The smallest absolute Gasteiger partial charge is 0.276 e. The minimum atomic E-state index is -3.72. The van der Waals surface area contributed by atoms with Crippen LogP contribution in [-0.4, -0.2) is 14.6 Å². The van der Waals surface area contributed by atoms with Crippen molar-refractivity contribution in [2.45, 2.75) is 25.3 Å². The number of hydrogen-bond donors (Lipinski definition) is 1. The topological polar surface area (TPSA) is 67.8 Å². The Kier molecular flexibility index (Phi) is 6.11. The van der Waals surface area contributed by atoms with E-state index < -0.39 is 10.0 Å². The first-order chi connectivity index (χ1) is 13.4. The second-order valence-electron chi connectivity index (χ2n) is 6.47. The minimum Gasteiger partial charge on any atom is -0.489 e. The summed E-state index contributed by atoms with van der Waals surface area (Å²) in [5, 5.41) is 3.90. The molecule has 3 aromatic carbocycles. The molecule has 0 heterocycles. The summed E-state index contributed by atoms with van der Waals surface area (Å²) in [5.41, 5.74) is 3.35. The molecule has 144 valence electrons. The Morgan fingerprint density at radius 1 is 0.964 bits per heavy atom.